The minimum Gasteiger partial charge on any atom is -0.339 e. The topological polar surface area (TPSA) is 43.9 Å². The molecule has 4 rings (SSSR count). The number of nitrogens with zero attached hydrogens (tertiary/aromatic N) is 3. The van der Waals surface area contributed by atoms with Gasteiger partial charge in [0, 0.05) is 48.8 Å². The van der Waals surface area contributed by atoms with Gasteiger partial charge in [-0.2, -0.15) is 0 Å². The van der Waals surface area contributed by atoms with Crippen LogP contribution in [-0.2, 0) is 4.79 Å². The zero-order chi connectivity index (χ0) is 21.1. The van der Waals surface area contributed by atoms with Crippen molar-refractivity contribution in [2.75, 3.05) is 32.7 Å². The van der Waals surface area contributed by atoms with Crippen LogP contribution in [0.1, 0.15) is 62.2 Å². The molecule has 2 saturated heterocycles. The van der Waals surface area contributed by atoms with E-state index in [1.54, 1.807) is 0 Å². The summed E-state index contributed by atoms with van der Waals surface area (Å²) in [4.78, 5) is 33.1. The second-order valence-electron chi connectivity index (χ2n) is 9.20. The summed E-state index contributed by atoms with van der Waals surface area (Å²) in [5.74, 6) is 0.907. The maximum Gasteiger partial charge on any atom is 0.253 e. The molecule has 3 fully saturated rings. The summed E-state index contributed by atoms with van der Waals surface area (Å²) in [5, 5.41) is 0. The number of rotatable bonds is 4. The Kier molecular flexibility index (Phi) is 7.14. The zero-order valence-corrected chi connectivity index (χ0v) is 19.6. The lowest BCUT2D eigenvalue weighted by atomic mass is 9.92. The molecule has 2 heterocycles. The number of piperazine rings is 1. The fourth-order valence-electron chi connectivity index (χ4n) is 5.53. The molecule has 1 aromatic carbocycles. The van der Waals surface area contributed by atoms with Crippen LogP contribution in [-0.4, -0.2) is 71.3 Å². The molecule has 0 aromatic heterocycles. The number of piperidine rings is 1. The van der Waals surface area contributed by atoms with Crippen molar-refractivity contribution in [1.29, 1.82) is 0 Å². The van der Waals surface area contributed by atoms with E-state index in [9.17, 15) is 9.59 Å². The normalized spacial score (nSPS) is 24.8. The van der Waals surface area contributed by atoms with Gasteiger partial charge in [-0.3, -0.25) is 14.5 Å². The van der Waals surface area contributed by atoms with Crippen molar-refractivity contribution in [1.82, 2.24) is 14.7 Å². The van der Waals surface area contributed by atoms with E-state index < -0.39 is 0 Å². The average Bonchev–Trinajstić information content (AvgIpc) is 3.28. The van der Waals surface area contributed by atoms with Crippen LogP contribution in [0.5, 0.6) is 0 Å². The van der Waals surface area contributed by atoms with Gasteiger partial charge < -0.3 is 9.80 Å². The number of carbonyl (C=O) groups excluding carboxylic acids is 2. The van der Waals surface area contributed by atoms with Crippen LogP contribution in [0.15, 0.2) is 28.7 Å². The first-order chi connectivity index (χ1) is 14.5. The molecule has 2 atom stereocenters. The van der Waals surface area contributed by atoms with Crippen molar-refractivity contribution >= 4 is 27.7 Å². The molecule has 3 aliphatic rings. The smallest absolute Gasteiger partial charge is 0.253 e. The number of carbonyl (C=O) groups is 2. The Morgan fingerprint density at radius 2 is 1.67 bits per heavy atom. The summed E-state index contributed by atoms with van der Waals surface area (Å²) in [6.07, 6.45) is 8.29. The van der Waals surface area contributed by atoms with E-state index in [-0.39, 0.29) is 11.9 Å². The highest BCUT2D eigenvalue weighted by Gasteiger charge is 2.40. The Bertz CT molecular complexity index is 757. The van der Waals surface area contributed by atoms with E-state index in [0.29, 0.717) is 31.0 Å². The molecule has 30 heavy (non-hydrogen) atoms. The number of hydrogen-bond acceptors (Lipinski definition) is 3. The third kappa shape index (κ3) is 4.75. The minimum atomic E-state index is -0.00354. The largest absolute Gasteiger partial charge is 0.339 e. The Morgan fingerprint density at radius 3 is 2.33 bits per heavy atom. The Labute approximate surface area is 188 Å². The predicted octanol–water partition coefficient (Wildman–Crippen LogP) is 4.17. The van der Waals surface area contributed by atoms with Gasteiger partial charge in [-0.15, -0.1) is 0 Å². The summed E-state index contributed by atoms with van der Waals surface area (Å²) in [6, 6.07) is 7.96. The van der Waals surface area contributed by atoms with Crippen LogP contribution in [0.2, 0.25) is 0 Å². The number of benzene rings is 1. The van der Waals surface area contributed by atoms with Gasteiger partial charge in [-0.25, -0.2) is 0 Å². The summed E-state index contributed by atoms with van der Waals surface area (Å²) in [6.45, 7) is 6.07. The molecule has 1 saturated carbocycles. The minimum absolute atomic E-state index is 0.00354. The van der Waals surface area contributed by atoms with E-state index in [4.69, 9.17) is 0 Å². The molecule has 2 amide bonds. The molecule has 0 spiro atoms. The van der Waals surface area contributed by atoms with Crippen LogP contribution in [0.3, 0.4) is 0 Å². The maximum absolute atomic E-state index is 13.7. The van der Waals surface area contributed by atoms with Crippen LogP contribution in [0, 0.1) is 5.92 Å². The molecule has 6 heteroatoms. The van der Waals surface area contributed by atoms with Crippen molar-refractivity contribution in [3.63, 3.8) is 0 Å². The summed E-state index contributed by atoms with van der Waals surface area (Å²) in [7, 11) is 0. The standard InChI is InChI=1S/C24H34BrN3O2/c1-18-7-4-5-12-28(18)24(30)22(19-8-2-3-9-19)26-13-15-27(16-14-26)23(29)20-10-6-11-21(25)17-20/h6,10-11,17-19,22H,2-5,7-9,12-16H2,1H3/t18-,22+/m0/s1. The molecule has 0 unspecified atom stereocenters. The van der Waals surface area contributed by atoms with Crippen LogP contribution < -0.4 is 0 Å². The van der Waals surface area contributed by atoms with Gasteiger partial charge in [-0.1, -0.05) is 34.8 Å². The van der Waals surface area contributed by atoms with E-state index >= 15 is 0 Å². The SMILES string of the molecule is C[C@H]1CCCCN1C(=O)[C@@H](C1CCCC1)N1CCN(C(=O)c2cccc(Br)c2)CC1. The quantitative estimate of drug-likeness (QED) is 0.656. The van der Waals surface area contributed by atoms with Crippen molar-refractivity contribution in [2.24, 2.45) is 5.92 Å². The Hall–Kier alpha value is -1.40. The number of likely N-dealkylation sites (tertiary alicyclic amines) is 1. The van der Waals surface area contributed by atoms with E-state index in [0.717, 1.165) is 55.4 Å². The molecular weight excluding hydrogens is 442 g/mol. The third-order valence-electron chi connectivity index (χ3n) is 7.25. The van der Waals surface area contributed by atoms with Gasteiger partial charge in [0.1, 0.15) is 0 Å². The Morgan fingerprint density at radius 1 is 0.967 bits per heavy atom. The lowest BCUT2D eigenvalue weighted by Crippen LogP contribution is -2.60. The molecule has 0 N–H and O–H groups in total. The van der Waals surface area contributed by atoms with Gasteiger partial charge in [0.15, 0.2) is 0 Å². The fraction of sp³-hybridized carbons (Fsp3) is 0.667. The van der Waals surface area contributed by atoms with Gasteiger partial charge in [-0.05, 0) is 63.1 Å². The third-order valence-corrected chi connectivity index (χ3v) is 7.75. The molecule has 2 aliphatic heterocycles. The van der Waals surface area contributed by atoms with Crippen molar-refractivity contribution in [3.05, 3.63) is 34.3 Å². The maximum atomic E-state index is 13.7. The van der Waals surface area contributed by atoms with Gasteiger partial charge in [0.2, 0.25) is 5.91 Å². The van der Waals surface area contributed by atoms with Crippen molar-refractivity contribution in [2.45, 2.75) is 64.0 Å². The molecule has 1 aliphatic carbocycles. The van der Waals surface area contributed by atoms with Crippen LogP contribution in [0.25, 0.3) is 0 Å². The first kappa shape index (κ1) is 21.8. The highest BCUT2D eigenvalue weighted by molar-refractivity contribution is 9.10. The van der Waals surface area contributed by atoms with Crippen molar-refractivity contribution in [3.8, 4) is 0 Å². The summed E-state index contributed by atoms with van der Waals surface area (Å²) >= 11 is 3.46. The fourth-order valence-corrected chi connectivity index (χ4v) is 5.93. The second kappa shape index (κ2) is 9.82. The van der Waals surface area contributed by atoms with E-state index in [2.05, 4.69) is 32.7 Å². The first-order valence-electron chi connectivity index (χ1n) is 11.6. The highest BCUT2D eigenvalue weighted by atomic mass is 79.9. The molecule has 0 bridgehead atoms. The van der Waals surface area contributed by atoms with Gasteiger partial charge in [0.25, 0.3) is 5.91 Å². The zero-order valence-electron chi connectivity index (χ0n) is 18.1. The van der Waals surface area contributed by atoms with Gasteiger partial charge in [0.05, 0.1) is 6.04 Å². The van der Waals surface area contributed by atoms with Gasteiger partial charge >= 0.3 is 0 Å². The lowest BCUT2D eigenvalue weighted by Gasteiger charge is -2.44. The number of amides is 2. The molecular formula is C24H34BrN3O2. The average molecular weight is 476 g/mol. The lowest BCUT2D eigenvalue weighted by molar-refractivity contribution is -0.143. The summed E-state index contributed by atoms with van der Waals surface area (Å²) < 4.78 is 0.925. The molecule has 0 radical (unpaired) electrons. The molecule has 1 aromatic rings. The van der Waals surface area contributed by atoms with E-state index in [1.165, 1.54) is 19.3 Å². The predicted molar refractivity (Wildman–Crippen MR) is 122 cm³/mol. The van der Waals surface area contributed by atoms with Crippen LogP contribution in [0.4, 0.5) is 0 Å². The number of halogens is 1. The molecule has 5 nitrogen and oxygen atoms in total. The van der Waals surface area contributed by atoms with Crippen molar-refractivity contribution < 1.29 is 9.59 Å². The van der Waals surface area contributed by atoms with E-state index in [1.807, 2.05) is 29.2 Å². The summed E-state index contributed by atoms with van der Waals surface area (Å²) in [5.41, 5.74) is 0.725. The Balaban J connectivity index is 1.44. The number of hydrogen-bond donors (Lipinski definition) is 0. The first-order valence-corrected chi connectivity index (χ1v) is 12.4. The van der Waals surface area contributed by atoms with Crippen LogP contribution >= 0.6 is 15.9 Å². The second-order valence-corrected chi connectivity index (χ2v) is 10.1. The monoisotopic (exact) mass is 475 g/mol. The molecule has 164 valence electrons. The highest BCUT2D eigenvalue weighted by Crippen LogP contribution is 2.33.